The lowest BCUT2D eigenvalue weighted by atomic mass is 10.2. The number of hydrogen-bond donors (Lipinski definition) is 1. The van der Waals surface area contributed by atoms with Crippen molar-refractivity contribution in [1.29, 1.82) is 0 Å². The molecule has 0 unspecified atom stereocenters. The van der Waals surface area contributed by atoms with Crippen molar-refractivity contribution < 1.29 is 14.2 Å². The van der Waals surface area contributed by atoms with Gasteiger partial charge in [-0.3, -0.25) is 4.98 Å². The first-order valence-electron chi connectivity index (χ1n) is 6.29. The Morgan fingerprint density at radius 2 is 1.95 bits per heavy atom. The zero-order chi connectivity index (χ0) is 14.8. The minimum absolute atomic E-state index is 0.0708. The van der Waals surface area contributed by atoms with Crippen molar-refractivity contribution >= 4 is 22.5 Å². The number of benzene rings is 2. The lowest BCUT2D eigenvalue weighted by Crippen LogP contribution is -1.93. The highest BCUT2D eigenvalue weighted by Crippen LogP contribution is 2.33. The van der Waals surface area contributed by atoms with Crippen molar-refractivity contribution in [2.45, 2.75) is 6.61 Å². The fraction of sp³-hybridized carbons (Fsp3) is 0.0625. The number of halogens is 2. The number of ether oxygens (including phenoxy) is 1. The summed E-state index contributed by atoms with van der Waals surface area (Å²) in [4.78, 5) is 4.23. The minimum Gasteiger partial charge on any atom is -0.452 e. The van der Waals surface area contributed by atoms with Gasteiger partial charge in [0.1, 0.15) is 5.52 Å². The van der Waals surface area contributed by atoms with Crippen LogP contribution >= 0.6 is 11.6 Å². The van der Waals surface area contributed by atoms with E-state index in [9.17, 15) is 4.39 Å². The highest BCUT2D eigenvalue weighted by atomic mass is 35.5. The predicted octanol–water partition coefficient (Wildman–Crippen LogP) is 4.31. The average molecular weight is 304 g/mol. The van der Waals surface area contributed by atoms with Crippen molar-refractivity contribution in [1.82, 2.24) is 4.98 Å². The standard InChI is InChI=1S/C16H11ClFNO2/c17-12-4-6-15(16-11(12)2-1-7-19-16)21-14-5-3-10(9-20)8-13(14)18/h1-8,20H,9H2. The molecule has 3 rings (SSSR count). The molecule has 2 aromatic carbocycles. The van der Waals surface area contributed by atoms with E-state index in [0.29, 0.717) is 21.9 Å². The number of rotatable bonds is 3. The number of aliphatic hydroxyl groups is 1. The van der Waals surface area contributed by atoms with Gasteiger partial charge in [-0.05, 0) is 42.0 Å². The van der Waals surface area contributed by atoms with Crippen LogP contribution in [0.25, 0.3) is 10.9 Å². The molecule has 0 radical (unpaired) electrons. The fourth-order valence-corrected chi connectivity index (χ4v) is 2.25. The molecule has 0 atom stereocenters. The molecule has 0 amide bonds. The van der Waals surface area contributed by atoms with Crippen molar-refractivity contribution in [3.8, 4) is 11.5 Å². The smallest absolute Gasteiger partial charge is 0.166 e. The van der Waals surface area contributed by atoms with E-state index in [0.717, 1.165) is 5.39 Å². The number of hydrogen-bond acceptors (Lipinski definition) is 3. The molecular formula is C16H11ClFNO2. The SMILES string of the molecule is OCc1ccc(Oc2ccc(Cl)c3cccnc23)c(F)c1. The molecule has 106 valence electrons. The first kappa shape index (κ1) is 13.8. The Balaban J connectivity index is 2.04. The molecule has 1 heterocycles. The van der Waals surface area contributed by atoms with Crippen LogP contribution in [0.2, 0.25) is 5.02 Å². The molecule has 0 aliphatic rings. The number of aliphatic hydroxyl groups excluding tert-OH is 1. The zero-order valence-corrected chi connectivity index (χ0v) is 11.6. The van der Waals surface area contributed by atoms with Crippen molar-refractivity contribution in [2.75, 3.05) is 0 Å². The van der Waals surface area contributed by atoms with E-state index in [4.69, 9.17) is 21.4 Å². The third-order valence-electron chi connectivity index (χ3n) is 3.08. The quantitative estimate of drug-likeness (QED) is 0.784. The Morgan fingerprint density at radius 3 is 2.71 bits per heavy atom. The van der Waals surface area contributed by atoms with E-state index in [1.54, 1.807) is 30.5 Å². The van der Waals surface area contributed by atoms with Crippen LogP contribution in [0.1, 0.15) is 5.56 Å². The normalized spacial score (nSPS) is 10.8. The molecular weight excluding hydrogens is 293 g/mol. The van der Waals surface area contributed by atoms with Crippen LogP contribution < -0.4 is 4.74 Å². The summed E-state index contributed by atoms with van der Waals surface area (Å²) >= 11 is 6.11. The lowest BCUT2D eigenvalue weighted by molar-refractivity contribution is 0.281. The van der Waals surface area contributed by atoms with E-state index in [2.05, 4.69) is 4.98 Å². The fourth-order valence-electron chi connectivity index (χ4n) is 2.04. The zero-order valence-electron chi connectivity index (χ0n) is 10.9. The van der Waals surface area contributed by atoms with E-state index in [1.165, 1.54) is 12.1 Å². The molecule has 1 aromatic heterocycles. The summed E-state index contributed by atoms with van der Waals surface area (Å²) in [5.74, 6) is -0.0484. The van der Waals surface area contributed by atoms with Gasteiger partial charge in [-0.1, -0.05) is 17.7 Å². The predicted molar refractivity (Wildman–Crippen MR) is 79.1 cm³/mol. The molecule has 5 heteroatoms. The molecule has 1 N–H and O–H groups in total. The summed E-state index contributed by atoms with van der Waals surface area (Å²) in [5.41, 5.74) is 1.05. The second-order valence-electron chi connectivity index (χ2n) is 4.47. The molecule has 0 bridgehead atoms. The van der Waals surface area contributed by atoms with Crippen LogP contribution in [0.5, 0.6) is 11.5 Å². The Hall–Kier alpha value is -2.17. The Labute approximate surface area is 125 Å². The number of nitrogens with zero attached hydrogens (tertiary/aromatic N) is 1. The summed E-state index contributed by atoms with van der Waals surface area (Å²) in [6.07, 6.45) is 1.62. The largest absolute Gasteiger partial charge is 0.452 e. The maximum Gasteiger partial charge on any atom is 0.166 e. The summed E-state index contributed by atoms with van der Waals surface area (Å²) in [5, 5.41) is 10.3. The van der Waals surface area contributed by atoms with Gasteiger partial charge in [0.05, 0.1) is 11.6 Å². The molecule has 0 saturated heterocycles. The molecule has 0 saturated carbocycles. The van der Waals surface area contributed by atoms with Crippen molar-refractivity contribution in [2.24, 2.45) is 0 Å². The molecule has 3 nitrogen and oxygen atoms in total. The maximum atomic E-state index is 13.9. The minimum atomic E-state index is -0.541. The van der Waals surface area contributed by atoms with Crippen LogP contribution in [0.3, 0.4) is 0 Å². The highest BCUT2D eigenvalue weighted by Gasteiger charge is 2.11. The van der Waals surface area contributed by atoms with Crippen LogP contribution in [-0.4, -0.2) is 10.1 Å². The summed E-state index contributed by atoms with van der Waals surface area (Å²) in [6.45, 7) is -0.220. The van der Waals surface area contributed by atoms with Gasteiger partial charge in [-0.15, -0.1) is 0 Å². The Kier molecular flexibility index (Phi) is 3.73. The lowest BCUT2D eigenvalue weighted by Gasteiger charge is -2.10. The van der Waals surface area contributed by atoms with Crippen LogP contribution in [0.4, 0.5) is 4.39 Å². The van der Waals surface area contributed by atoms with Crippen LogP contribution in [0.15, 0.2) is 48.7 Å². The van der Waals surface area contributed by atoms with Gasteiger partial charge >= 0.3 is 0 Å². The van der Waals surface area contributed by atoms with Gasteiger partial charge in [-0.2, -0.15) is 0 Å². The van der Waals surface area contributed by atoms with Crippen LogP contribution in [0, 0.1) is 5.82 Å². The van der Waals surface area contributed by atoms with Gasteiger partial charge in [0.2, 0.25) is 0 Å². The van der Waals surface area contributed by atoms with Gasteiger partial charge in [0, 0.05) is 11.6 Å². The molecule has 21 heavy (non-hydrogen) atoms. The summed E-state index contributed by atoms with van der Waals surface area (Å²) < 4.78 is 19.5. The van der Waals surface area contributed by atoms with Crippen LogP contribution in [-0.2, 0) is 6.61 Å². The van der Waals surface area contributed by atoms with Gasteiger partial charge in [0.25, 0.3) is 0 Å². The van der Waals surface area contributed by atoms with E-state index >= 15 is 0 Å². The molecule has 0 aliphatic carbocycles. The summed E-state index contributed by atoms with van der Waals surface area (Å²) in [7, 11) is 0. The van der Waals surface area contributed by atoms with Crippen molar-refractivity contribution in [3.63, 3.8) is 0 Å². The first-order valence-corrected chi connectivity index (χ1v) is 6.67. The van der Waals surface area contributed by atoms with E-state index in [-0.39, 0.29) is 12.4 Å². The second kappa shape index (κ2) is 5.68. The first-order chi connectivity index (χ1) is 10.2. The second-order valence-corrected chi connectivity index (χ2v) is 4.88. The third-order valence-corrected chi connectivity index (χ3v) is 3.41. The monoisotopic (exact) mass is 303 g/mol. The number of fused-ring (bicyclic) bond motifs is 1. The average Bonchev–Trinajstić information content (AvgIpc) is 2.52. The maximum absolute atomic E-state index is 13.9. The van der Waals surface area contributed by atoms with Crippen molar-refractivity contribution in [3.05, 3.63) is 65.1 Å². The van der Waals surface area contributed by atoms with Gasteiger partial charge < -0.3 is 9.84 Å². The molecule has 0 spiro atoms. The third kappa shape index (κ3) is 2.68. The summed E-state index contributed by atoms with van der Waals surface area (Å²) in [6, 6.07) is 11.2. The van der Waals surface area contributed by atoms with E-state index in [1.807, 2.05) is 6.07 Å². The molecule has 0 fully saturated rings. The highest BCUT2D eigenvalue weighted by molar-refractivity contribution is 6.35. The molecule has 0 aliphatic heterocycles. The number of aromatic nitrogens is 1. The number of pyridine rings is 1. The van der Waals surface area contributed by atoms with Gasteiger partial charge in [-0.25, -0.2) is 4.39 Å². The topological polar surface area (TPSA) is 42.4 Å². The Morgan fingerprint density at radius 1 is 1.14 bits per heavy atom. The Bertz CT molecular complexity index is 807. The molecule has 3 aromatic rings. The van der Waals surface area contributed by atoms with E-state index < -0.39 is 5.82 Å². The van der Waals surface area contributed by atoms with Gasteiger partial charge in [0.15, 0.2) is 17.3 Å².